The second-order valence-electron chi connectivity index (χ2n) is 9.87. The van der Waals surface area contributed by atoms with Crippen molar-refractivity contribution in [2.45, 2.75) is 65.8 Å². The van der Waals surface area contributed by atoms with Gasteiger partial charge in [-0.25, -0.2) is 9.69 Å². The molecular formula is C28H33N3O3. The van der Waals surface area contributed by atoms with Gasteiger partial charge in [0, 0.05) is 17.8 Å². The monoisotopic (exact) mass is 459 g/mol. The lowest BCUT2D eigenvalue weighted by atomic mass is 9.79. The van der Waals surface area contributed by atoms with E-state index in [0.29, 0.717) is 18.0 Å². The lowest BCUT2D eigenvalue weighted by Gasteiger charge is -2.47. The number of anilines is 2. The Labute approximate surface area is 201 Å². The Morgan fingerprint density at radius 1 is 1.09 bits per heavy atom. The highest BCUT2D eigenvalue weighted by atomic mass is 16.2. The third-order valence-corrected chi connectivity index (χ3v) is 7.10. The van der Waals surface area contributed by atoms with Crippen molar-refractivity contribution in [3.05, 3.63) is 64.2 Å². The molecule has 2 aromatic carbocycles. The minimum atomic E-state index is -0.718. The summed E-state index contributed by atoms with van der Waals surface area (Å²) >= 11 is 0. The van der Waals surface area contributed by atoms with E-state index in [2.05, 4.69) is 50.0 Å². The molecule has 0 bridgehead atoms. The summed E-state index contributed by atoms with van der Waals surface area (Å²) in [5, 5.41) is 2.35. The molecule has 1 fully saturated rings. The largest absolute Gasteiger partial charge is 0.366 e. The number of imide groups is 2. The lowest BCUT2D eigenvalue weighted by Crippen LogP contribution is -2.54. The average Bonchev–Trinajstić information content (AvgIpc) is 2.77. The van der Waals surface area contributed by atoms with Gasteiger partial charge in [-0.3, -0.25) is 14.9 Å². The molecule has 178 valence electrons. The molecular weight excluding hydrogens is 426 g/mol. The van der Waals surface area contributed by atoms with Crippen LogP contribution in [0.2, 0.25) is 0 Å². The van der Waals surface area contributed by atoms with Crippen molar-refractivity contribution in [3.63, 3.8) is 0 Å². The first-order valence-corrected chi connectivity index (χ1v) is 12.0. The molecule has 1 N–H and O–H groups in total. The fraction of sp³-hybridized carbons (Fsp3) is 0.393. The Kier molecular flexibility index (Phi) is 6.11. The molecule has 1 atom stereocenters. The number of carbonyl (C=O) groups is 3. The van der Waals surface area contributed by atoms with E-state index >= 15 is 0 Å². The fourth-order valence-electron chi connectivity index (χ4n) is 5.46. The lowest BCUT2D eigenvalue weighted by molar-refractivity contribution is -0.122. The molecule has 1 unspecified atom stereocenters. The highest BCUT2D eigenvalue weighted by molar-refractivity contribution is 6.39. The molecule has 0 radical (unpaired) electrons. The zero-order valence-electron chi connectivity index (χ0n) is 20.9. The molecule has 0 aromatic heterocycles. The van der Waals surface area contributed by atoms with E-state index in [1.54, 1.807) is 18.2 Å². The van der Waals surface area contributed by atoms with Crippen LogP contribution < -0.4 is 15.1 Å². The number of nitrogens with zero attached hydrogens (tertiary/aromatic N) is 2. The van der Waals surface area contributed by atoms with Crippen LogP contribution in [0, 0.1) is 6.92 Å². The summed E-state index contributed by atoms with van der Waals surface area (Å²) in [4.78, 5) is 42.3. The van der Waals surface area contributed by atoms with Crippen LogP contribution in [0.15, 0.2) is 42.0 Å². The van der Waals surface area contributed by atoms with Gasteiger partial charge in [-0.2, -0.15) is 0 Å². The molecule has 1 saturated heterocycles. The van der Waals surface area contributed by atoms with Crippen molar-refractivity contribution in [2.24, 2.45) is 0 Å². The Hall–Kier alpha value is -3.41. The van der Waals surface area contributed by atoms with Crippen molar-refractivity contribution < 1.29 is 14.4 Å². The van der Waals surface area contributed by atoms with Gasteiger partial charge in [-0.1, -0.05) is 32.0 Å². The van der Waals surface area contributed by atoms with Crippen molar-refractivity contribution >= 4 is 35.3 Å². The van der Waals surface area contributed by atoms with Crippen molar-refractivity contribution in [2.75, 3.05) is 16.3 Å². The summed E-state index contributed by atoms with van der Waals surface area (Å²) in [5.41, 5.74) is 5.60. The van der Waals surface area contributed by atoms with E-state index in [0.717, 1.165) is 34.6 Å². The number of para-hydroxylation sites is 1. The number of carbonyl (C=O) groups excluding carboxylic acids is 3. The predicted octanol–water partition coefficient (Wildman–Crippen LogP) is 5.34. The molecule has 2 aliphatic heterocycles. The smallest absolute Gasteiger partial charge is 0.335 e. The molecule has 6 heteroatoms. The van der Waals surface area contributed by atoms with E-state index < -0.39 is 17.8 Å². The standard InChI is InChI=1S/C28H33N3O3/c1-7-19-11-9-10-12-23(19)31-26(33)22(25(32)29-27(31)34)15-20-14-21-18(4)16-28(5,6)30(8-2)24(21)13-17(20)3/h9-15,18H,7-8,16H2,1-6H3,(H,29,32,34)/b22-15+. The summed E-state index contributed by atoms with van der Waals surface area (Å²) in [5.74, 6) is -0.922. The molecule has 0 saturated carbocycles. The average molecular weight is 460 g/mol. The van der Waals surface area contributed by atoms with E-state index in [1.165, 1.54) is 11.3 Å². The fourth-order valence-corrected chi connectivity index (χ4v) is 5.46. The van der Waals surface area contributed by atoms with Crippen LogP contribution in [0.1, 0.15) is 69.2 Å². The van der Waals surface area contributed by atoms with Crippen LogP contribution in [0.5, 0.6) is 0 Å². The van der Waals surface area contributed by atoms with Gasteiger partial charge in [-0.05, 0) is 93.0 Å². The van der Waals surface area contributed by atoms with Gasteiger partial charge in [-0.15, -0.1) is 0 Å². The first-order chi connectivity index (χ1) is 16.1. The molecule has 2 aromatic rings. The van der Waals surface area contributed by atoms with E-state index in [4.69, 9.17) is 0 Å². The van der Waals surface area contributed by atoms with Crippen molar-refractivity contribution in [1.82, 2.24) is 5.32 Å². The maximum atomic E-state index is 13.4. The number of hydrogen-bond donors (Lipinski definition) is 1. The number of benzene rings is 2. The number of fused-ring (bicyclic) bond motifs is 1. The highest BCUT2D eigenvalue weighted by Crippen LogP contribution is 2.44. The third-order valence-electron chi connectivity index (χ3n) is 7.10. The van der Waals surface area contributed by atoms with Crippen LogP contribution in [-0.4, -0.2) is 29.9 Å². The van der Waals surface area contributed by atoms with E-state index in [9.17, 15) is 14.4 Å². The van der Waals surface area contributed by atoms with Crippen LogP contribution in [-0.2, 0) is 16.0 Å². The molecule has 2 heterocycles. The van der Waals surface area contributed by atoms with Gasteiger partial charge in [0.2, 0.25) is 0 Å². The molecule has 4 amide bonds. The van der Waals surface area contributed by atoms with Gasteiger partial charge >= 0.3 is 6.03 Å². The first kappa shape index (κ1) is 23.7. The summed E-state index contributed by atoms with van der Waals surface area (Å²) in [6.07, 6.45) is 3.30. The number of amides is 4. The number of nitrogens with one attached hydrogen (secondary N) is 1. The number of aryl methyl sites for hydroxylation is 2. The summed E-state index contributed by atoms with van der Waals surface area (Å²) in [6.45, 7) is 13.8. The Morgan fingerprint density at radius 2 is 1.79 bits per heavy atom. The summed E-state index contributed by atoms with van der Waals surface area (Å²) in [7, 11) is 0. The van der Waals surface area contributed by atoms with E-state index in [-0.39, 0.29) is 11.1 Å². The van der Waals surface area contributed by atoms with Gasteiger partial charge in [0.1, 0.15) is 5.57 Å². The quantitative estimate of drug-likeness (QED) is 0.495. The van der Waals surface area contributed by atoms with Gasteiger partial charge < -0.3 is 4.90 Å². The SMILES string of the molecule is CCc1ccccc1N1C(=O)NC(=O)/C(=C\c2cc3c(cc2C)N(CC)C(C)(C)CC3C)C1=O. The Morgan fingerprint density at radius 3 is 2.47 bits per heavy atom. The molecule has 34 heavy (non-hydrogen) atoms. The number of rotatable bonds is 4. The maximum Gasteiger partial charge on any atom is 0.335 e. The van der Waals surface area contributed by atoms with Gasteiger partial charge in [0.15, 0.2) is 0 Å². The zero-order chi connectivity index (χ0) is 24.8. The van der Waals surface area contributed by atoms with E-state index in [1.807, 2.05) is 26.0 Å². The second-order valence-corrected chi connectivity index (χ2v) is 9.87. The van der Waals surface area contributed by atoms with Crippen LogP contribution in [0.4, 0.5) is 16.2 Å². The molecule has 4 rings (SSSR count). The third kappa shape index (κ3) is 3.91. The maximum absolute atomic E-state index is 13.4. The summed E-state index contributed by atoms with van der Waals surface area (Å²) < 4.78 is 0. The second kappa shape index (κ2) is 8.75. The summed E-state index contributed by atoms with van der Waals surface area (Å²) in [6, 6.07) is 10.8. The van der Waals surface area contributed by atoms with Crippen LogP contribution in [0.25, 0.3) is 6.08 Å². The number of hydrogen-bond acceptors (Lipinski definition) is 4. The minimum absolute atomic E-state index is 0.0373. The normalized spacial score (nSPS) is 21.1. The highest BCUT2D eigenvalue weighted by Gasteiger charge is 2.39. The predicted molar refractivity (Wildman–Crippen MR) is 136 cm³/mol. The molecule has 0 aliphatic carbocycles. The molecule has 6 nitrogen and oxygen atoms in total. The number of urea groups is 1. The minimum Gasteiger partial charge on any atom is -0.366 e. The van der Waals surface area contributed by atoms with Crippen molar-refractivity contribution in [1.29, 1.82) is 0 Å². The first-order valence-electron chi connectivity index (χ1n) is 12.0. The Bertz CT molecular complexity index is 1210. The van der Waals surface area contributed by atoms with Gasteiger partial charge in [0.25, 0.3) is 11.8 Å². The van der Waals surface area contributed by atoms with Crippen molar-refractivity contribution in [3.8, 4) is 0 Å². The van der Waals surface area contributed by atoms with Gasteiger partial charge in [0.05, 0.1) is 5.69 Å². The van der Waals surface area contributed by atoms with Crippen LogP contribution in [0.3, 0.4) is 0 Å². The molecule has 0 spiro atoms. The zero-order valence-corrected chi connectivity index (χ0v) is 20.9. The van der Waals surface area contributed by atoms with Crippen LogP contribution >= 0.6 is 0 Å². The Balaban J connectivity index is 1.79. The topological polar surface area (TPSA) is 69.7 Å². The molecule has 2 aliphatic rings. The number of barbiturate groups is 1.